The van der Waals surface area contributed by atoms with Crippen LogP contribution in [0.2, 0.25) is 0 Å². The third-order valence-electron chi connectivity index (χ3n) is 4.75. The average molecular weight is 516 g/mol. The second-order valence-corrected chi connectivity index (χ2v) is 6.78. The predicted octanol–water partition coefficient (Wildman–Crippen LogP) is 4.11. The summed E-state index contributed by atoms with van der Waals surface area (Å²) in [5, 5.41) is 3.38. The molecule has 2 aromatic rings. The molecule has 1 fully saturated rings. The number of likely N-dealkylation sites (tertiary alicyclic amines) is 1. The molecule has 0 aliphatic carbocycles. The fourth-order valence-electron chi connectivity index (χ4n) is 3.32. The molecular weight excluding hydrogens is 486 g/mol. The molecule has 0 atom stereocenters. The molecule has 2 heterocycles. The molecule has 8 heteroatoms. The van der Waals surface area contributed by atoms with Crippen molar-refractivity contribution in [2.24, 2.45) is 4.99 Å². The van der Waals surface area contributed by atoms with E-state index in [-0.39, 0.29) is 29.8 Å². The number of nitrogens with zero attached hydrogens (tertiary/aromatic N) is 3. The number of aromatic nitrogens is 1. The average Bonchev–Trinajstić information content (AvgIpc) is 3.18. The van der Waals surface area contributed by atoms with Crippen molar-refractivity contribution in [1.82, 2.24) is 15.2 Å². The van der Waals surface area contributed by atoms with Gasteiger partial charge in [0.1, 0.15) is 12.1 Å². The first-order valence-corrected chi connectivity index (χ1v) is 10.0. The van der Waals surface area contributed by atoms with Crippen LogP contribution in [-0.4, -0.2) is 54.7 Å². The minimum Gasteiger partial charge on any atom is -0.444 e. The van der Waals surface area contributed by atoms with Crippen LogP contribution < -0.4 is 5.32 Å². The second kappa shape index (κ2) is 12.1. The lowest BCUT2D eigenvalue weighted by atomic mass is 10.1. The number of rotatable bonds is 7. The first-order chi connectivity index (χ1) is 13.7. The molecule has 0 spiro atoms. The van der Waals surface area contributed by atoms with Crippen molar-refractivity contribution in [3.05, 3.63) is 42.0 Å². The van der Waals surface area contributed by atoms with Gasteiger partial charge in [0, 0.05) is 44.8 Å². The monoisotopic (exact) mass is 516 g/mol. The minimum absolute atomic E-state index is 0. The maximum absolute atomic E-state index is 13.0. The highest BCUT2D eigenvalue weighted by molar-refractivity contribution is 14.0. The Labute approximate surface area is 189 Å². The maximum atomic E-state index is 13.0. The Hall–Kier alpha value is -1.68. The molecule has 6 nitrogen and oxygen atoms in total. The van der Waals surface area contributed by atoms with Gasteiger partial charge >= 0.3 is 0 Å². The highest BCUT2D eigenvalue weighted by Gasteiger charge is 2.21. The highest BCUT2D eigenvalue weighted by Crippen LogP contribution is 2.19. The van der Waals surface area contributed by atoms with E-state index in [9.17, 15) is 4.39 Å². The molecule has 0 radical (unpaired) electrons. The van der Waals surface area contributed by atoms with Gasteiger partial charge in [-0.25, -0.2) is 9.37 Å². The van der Waals surface area contributed by atoms with E-state index in [1.165, 1.54) is 12.1 Å². The Morgan fingerprint density at radius 1 is 1.28 bits per heavy atom. The summed E-state index contributed by atoms with van der Waals surface area (Å²) < 4.78 is 24.3. The second-order valence-electron chi connectivity index (χ2n) is 6.78. The normalized spacial score (nSPS) is 15.3. The van der Waals surface area contributed by atoms with E-state index >= 15 is 0 Å². The van der Waals surface area contributed by atoms with Crippen LogP contribution in [0.4, 0.5) is 4.39 Å². The number of hydrogen-bond donors (Lipinski definition) is 1. The molecular formula is C21H30FIN4O2. The summed E-state index contributed by atoms with van der Waals surface area (Å²) in [5.41, 5.74) is 1.61. The lowest BCUT2D eigenvalue weighted by molar-refractivity contribution is 0.0264. The van der Waals surface area contributed by atoms with Crippen molar-refractivity contribution in [2.45, 2.75) is 39.2 Å². The number of benzene rings is 1. The van der Waals surface area contributed by atoms with Gasteiger partial charge in [0.15, 0.2) is 5.96 Å². The summed E-state index contributed by atoms with van der Waals surface area (Å²) in [7, 11) is 0. The van der Waals surface area contributed by atoms with Crippen LogP contribution in [0.5, 0.6) is 0 Å². The number of ether oxygens (including phenoxy) is 1. The van der Waals surface area contributed by atoms with Crippen molar-refractivity contribution in [3.8, 4) is 11.5 Å². The van der Waals surface area contributed by atoms with Gasteiger partial charge in [0.05, 0.1) is 11.8 Å². The Bertz CT molecular complexity index is 758. The molecule has 1 aromatic carbocycles. The van der Waals surface area contributed by atoms with Gasteiger partial charge in [-0.2, -0.15) is 0 Å². The van der Waals surface area contributed by atoms with E-state index < -0.39 is 0 Å². The van der Waals surface area contributed by atoms with Crippen LogP contribution >= 0.6 is 24.0 Å². The summed E-state index contributed by atoms with van der Waals surface area (Å²) in [5.74, 6) is 1.18. The van der Waals surface area contributed by atoms with Gasteiger partial charge in [0.2, 0.25) is 5.89 Å². The van der Waals surface area contributed by atoms with Crippen molar-refractivity contribution in [1.29, 1.82) is 0 Å². The molecule has 0 unspecified atom stereocenters. The molecule has 1 aliphatic heterocycles. The molecule has 0 amide bonds. The third kappa shape index (κ3) is 6.95. The van der Waals surface area contributed by atoms with Crippen LogP contribution in [0.3, 0.4) is 0 Å². The molecule has 160 valence electrons. The van der Waals surface area contributed by atoms with Gasteiger partial charge in [-0.1, -0.05) is 0 Å². The number of halogens is 2. The summed E-state index contributed by atoms with van der Waals surface area (Å²) >= 11 is 0. The first-order valence-electron chi connectivity index (χ1n) is 10.0. The molecule has 1 saturated heterocycles. The predicted molar refractivity (Wildman–Crippen MR) is 123 cm³/mol. The molecule has 1 N–H and O–H groups in total. The number of nitrogens with one attached hydrogen (secondary N) is 1. The van der Waals surface area contributed by atoms with Gasteiger partial charge in [0.25, 0.3) is 0 Å². The zero-order chi connectivity index (χ0) is 19.8. The van der Waals surface area contributed by atoms with Crippen LogP contribution in [0.1, 0.15) is 32.4 Å². The standard InChI is InChI=1S/C21H29FN4O2.HI/c1-3-23-21(26-13-10-19(11-14-26)27-4-2)24-12-9-18-15-28-20(25-18)16-5-7-17(22)8-6-16;/h5-8,15,19H,3-4,9-14H2,1-2H3,(H,23,24);1H. The number of aliphatic imine (C=N–C) groups is 1. The third-order valence-corrected chi connectivity index (χ3v) is 4.75. The first kappa shape index (κ1) is 23.6. The van der Waals surface area contributed by atoms with Crippen molar-refractivity contribution >= 4 is 29.9 Å². The van der Waals surface area contributed by atoms with Crippen molar-refractivity contribution in [2.75, 3.05) is 32.8 Å². The Morgan fingerprint density at radius 3 is 2.66 bits per heavy atom. The lowest BCUT2D eigenvalue weighted by Gasteiger charge is -2.34. The van der Waals surface area contributed by atoms with Crippen LogP contribution in [0, 0.1) is 5.82 Å². The maximum Gasteiger partial charge on any atom is 0.226 e. The number of oxazole rings is 1. The van der Waals surface area contributed by atoms with E-state index in [2.05, 4.69) is 22.1 Å². The zero-order valence-corrected chi connectivity index (χ0v) is 19.4. The van der Waals surface area contributed by atoms with Crippen LogP contribution in [0.25, 0.3) is 11.5 Å². The lowest BCUT2D eigenvalue weighted by Crippen LogP contribution is -2.47. The fourth-order valence-corrected chi connectivity index (χ4v) is 3.32. The zero-order valence-electron chi connectivity index (χ0n) is 17.1. The molecule has 3 rings (SSSR count). The molecule has 1 aliphatic rings. The van der Waals surface area contributed by atoms with E-state index in [0.717, 1.165) is 56.3 Å². The minimum atomic E-state index is -0.272. The van der Waals surface area contributed by atoms with Gasteiger partial charge in [-0.05, 0) is 51.0 Å². The fraction of sp³-hybridized carbons (Fsp3) is 0.524. The van der Waals surface area contributed by atoms with E-state index in [1.807, 2.05) is 6.92 Å². The van der Waals surface area contributed by atoms with Crippen LogP contribution in [-0.2, 0) is 11.2 Å². The van der Waals surface area contributed by atoms with Gasteiger partial charge in [-0.3, -0.25) is 4.99 Å². The van der Waals surface area contributed by atoms with E-state index in [0.29, 0.717) is 25.0 Å². The highest BCUT2D eigenvalue weighted by atomic mass is 127. The topological polar surface area (TPSA) is 62.9 Å². The quantitative estimate of drug-likeness (QED) is 0.341. The summed E-state index contributed by atoms with van der Waals surface area (Å²) in [6.45, 7) is 8.27. The molecule has 1 aromatic heterocycles. The van der Waals surface area contributed by atoms with Crippen LogP contribution in [0.15, 0.2) is 39.9 Å². The Balaban J connectivity index is 0.00000300. The number of guanidine groups is 1. The van der Waals surface area contributed by atoms with E-state index in [4.69, 9.17) is 14.1 Å². The largest absolute Gasteiger partial charge is 0.444 e. The van der Waals surface area contributed by atoms with Gasteiger partial charge in [-0.15, -0.1) is 24.0 Å². The Morgan fingerprint density at radius 2 is 2.00 bits per heavy atom. The Kier molecular flexibility index (Phi) is 9.86. The molecule has 0 saturated carbocycles. The SMILES string of the molecule is CCNC(=NCCc1coc(-c2ccc(F)cc2)n1)N1CCC(OCC)CC1.I. The summed E-state index contributed by atoms with van der Waals surface area (Å²) in [4.78, 5) is 11.5. The van der Waals surface area contributed by atoms with Gasteiger partial charge < -0.3 is 19.4 Å². The smallest absolute Gasteiger partial charge is 0.226 e. The number of hydrogen-bond acceptors (Lipinski definition) is 4. The summed E-state index contributed by atoms with van der Waals surface area (Å²) in [6.07, 6.45) is 4.76. The van der Waals surface area contributed by atoms with E-state index in [1.54, 1.807) is 18.4 Å². The summed E-state index contributed by atoms with van der Waals surface area (Å²) in [6, 6.07) is 6.14. The number of piperidine rings is 1. The van der Waals surface area contributed by atoms with Crippen molar-refractivity contribution in [3.63, 3.8) is 0 Å². The molecule has 29 heavy (non-hydrogen) atoms. The van der Waals surface area contributed by atoms with Crippen molar-refractivity contribution < 1.29 is 13.5 Å². The molecule has 0 bridgehead atoms.